The number of carbonyl (C=O) groups excluding carboxylic acids is 2. The number of carbonyl (C=O) groups is 2. The number of methoxy groups -OCH3 is 1. The van der Waals surface area contributed by atoms with E-state index in [0.717, 1.165) is 0 Å². The summed E-state index contributed by atoms with van der Waals surface area (Å²) in [5.74, 6) is -1.42. The molecule has 1 aliphatic heterocycles. The highest BCUT2D eigenvalue weighted by atomic mass is 32.2. The number of nitrogens with zero attached hydrogens (tertiary/aromatic N) is 2. The predicted octanol–water partition coefficient (Wildman–Crippen LogP) is 2.42. The van der Waals surface area contributed by atoms with Crippen molar-refractivity contribution in [3.05, 3.63) is 64.2 Å². The van der Waals surface area contributed by atoms with E-state index in [1.165, 1.54) is 53.9 Å². The van der Waals surface area contributed by atoms with E-state index in [4.69, 9.17) is 0 Å². The molecule has 1 heterocycles. The Kier molecular flexibility index (Phi) is 6.66. The molecule has 0 unspecified atom stereocenters. The van der Waals surface area contributed by atoms with Crippen LogP contribution in [0.15, 0.2) is 53.4 Å². The Labute approximate surface area is 179 Å². The van der Waals surface area contributed by atoms with Gasteiger partial charge in [0.1, 0.15) is 0 Å². The molecule has 0 radical (unpaired) electrons. The lowest BCUT2D eigenvalue weighted by Crippen LogP contribution is -2.41. The van der Waals surface area contributed by atoms with Crippen molar-refractivity contribution in [2.45, 2.75) is 17.7 Å². The van der Waals surface area contributed by atoms with Gasteiger partial charge in [-0.25, -0.2) is 13.2 Å². The highest BCUT2D eigenvalue weighted by Crippen LogP contribution is 2.27. The molecule has 1 saturated heterocycles. The molecule has 0 atom stereocenters. The number of sulfonamides is 1. The highest BCUT2D eigenvalue weighted by Gasteiger charge is 2.34. The van der Waals surface area contributed by atoms with Crippen LogP contribution >= 0.6 is 0 Å². The monoisotopic (exact) mass is 447 g/mol. The van der Waals surface area contributed by atoms with E-state index in [2.05, 4.69) is 10.1 Å². The lowest BCUT2D eigenvalue weighted by Gasteiger charge is -2.30. The van der Waals surface area contributed by atoms with Gasteiger partial charge in [-0.1, -0.05) is 12.1 Å². The molecule has 0 bridgehead atoms. The van der Waals surface area contributed by atoms with Gasteiger partial charge in [-0.3, -0.25) is 14.9 Å². The number of nitrogens with one attached hydrogen (secondary N) is 1. The van der Waals surface area contributed by atoms with Crippen molar-refractivity contribution in [1.82, 2.24) is 4.31 Å². The Hall–Kier alpha value is -3.31. The smallest absolute Gasteiger partial charge is 0.339 e. The van der Waals surface area contributed by atoms with Crippen LogP contribution in [0.4, 0.5) is 11.4 Å². The number of anilines is 1. The van der Waals surface area contributed by atoms with Gasteiger partial charge in [-0.05, 0) is 37.1 Å². The van der Waals surface area contributed by atoms with Crippen LogP contribution in [0.2, 0.25) is 0 Å². The summed E-state index contributed by atoms with van der Waals surface area (Å²) in [6.45, 7) is 0.242. The number of non-ortho nitro benzene ring substituents is 1. The molecule has 0 saturated carbocycles. The van der Waals surface area contributed by atoms with E-state index in [-0.39, 0.29) is 35.1 Å². The normalized spacial score (nSPS) is 15.3. The van der Waals surface area contributed by atoms with Gasteiger partial charge in [0, 0.05) is 36.8 Å². The zero-order valence-corrected chi connectivity index (χ0v) is 17.5. The number of esters is 1. The molecule has 11 heteroatoms. The summed E-state index contributed by atoms with van der Waals surface area (Å²) in [4.78, 5) is 34.5. The second-order valence-corrected chi connectivity index (χ2v) is 8.87. The molecule has 0 spiro atoms. The van der Waals surface area contributed by atoms with E-state index in [1.807, 2.05) is 0 Å². The molecule has 2 aromatic carbocycles. The van der Waals surface area contributed by atoms with Crippen molar-refractivity contribution in [3.63, 3.8) is 0 Å². The van der Waals surface area contributed by atoms with Crippen LogP contribution in [0, 0.1) is 16.0 Å². The fourth-order valence-electron chi connectivity index (χ4n) is 3.38. The lowest BCUT2D eigenvalue weighted by atomic mass is 9.97. The number of piperidine rings is 1. The molecular weight excluding hydrogens is 426 g/mol. The van der Waals surface area contributed by atoms with Gasteiger partial charge in [-0.15, -0.1) is 0 Å². The van der Waals surface area contributed by atoms with E-state index >= 15 is 0 Å². The summed E-state index contributed by atoms with van der Waals surface area (Å²) in [5.41, 5.74) is 0.310. The third-order valence-corrected chi connectivity index (χ3v) is 7.04. The molecule has 3 rings (SSSR count). The molecule has 0 aliphatic carbocycles. The Balaban J connectivity index is 1.65. The fraction of sp³-hybridized carbons (Fsp3) is 0.300. The maximum atomic E-state index is 13.0. The predicted molar refractivity (Wildman–Crippen MR) is 111 cm³/mol. The van der Waals surface area contributed by atoms with Crippen LogP contribution in [0.5, 0.6) is 0 Å². The van der Waals surface area contributed by atoms with Crippen LogP contribution in [-0.4, -0.2) is 49.7 Å². The minimum atomic E-state index is -3.93. The lowest BCUT2D eigenvalue weighted by molar-refractivity contribution is -0.384. The molecule has 164 valence electrons. The van der Waals surface area contributed by atoms with E-state index in [9.17, 15) is 28.1 Å². The highest BCUT2D eigenvalue weighted by molar-refractivity contribution is 7.89. The molecule has 1 N–H and O–H groups in total. The van der Waals surface area contributed by atoms with Crippen LogP contribution < -0.4 is 5.32 Å². The molecule has 31 heavy (non-hydrogen) atoms. The summed E-state index contributed by atoms with van der Waals surface area (Å²) in [6.07, 6.45) is 0.608. The molecule has 1 fully saturated rings. The fourth-order valence-corrected chi connectivity index (χ4v) is 5.03. The van der Waals surface area contributed by atoms with Crippen molar-refractivity contribution in [2.24, 2.45) is 5.92 Å². The van der Waals surface area contributed by atoms with Crippen LogP contribution in [0.1, 0.15) is 23.2 Å². The zero-order chi connectivity index (χ0) is 22.6. The maximum Gasteiger partial charge on any atom is 0.339 e. The van der Waals surface area contributed by atoms with Crippen molar-refractivity contribution >= 4 is 33.3 Å². The summed E-state index contributed by atoms with van der Waals surface area (Å²) in [6, 6.07) is 11.3. The van der Waals surface area contributed by atoms with Gasteiger partial charge in [0.15, 0.2) is 0 Å². The number of nitro groups is 1. The first-order valence-corrected chi connectivity index (χ1v) is 10.9. The van der Waals surface area contributed by atoms with Crippen molar-refractivity contribution in [1.29, 1.82) is 0 Å². The van der Waals surface area contributed by atoms with Gasteiger partial charge in [0.25, 0.3) is 5.69 Å². The second kappa shape index (κ2) is 9.23. The minimum Gasteiger partial charge on any atom is -0.465 e. The topological polar surface area (TPSA) is 136 Å². The van der Waals surface area contributed by atoms with Crippen LogP contribution in [0.25, 0.3) is 0 Å². The van der Waals surface area contributed by atoms with Gasteiger partial charge in [-0.2, -0.15) is 4.31 Å². The number of benzene rings is 2. The molecule has 10 nitrogen and oxygen atoms in total. The average Bonchev–Trinajstić information content (AvgIpc) is 2.79. The minimum absolute atomic E-state index is 0.0389. The first-order chi connectivity index (χ1) is 14.7. The number of nitro benzene ring substituents is 1. The molecule has 1 amide bonds. The molecular formula is C20H21N3O7S. The number of hydrogen-bond acceptors (Lipinski definition) is 7. The Morgan fingerprint density at radius 2 is 1.71 bits per heavy atom. The van der Waals surface area contributed by atoms with E-state index < -0.39 is 26.8 Å². The van der Waals surface area contributed by atoms with Gasteiger partial charge >= 0.3 is 5.97 Å². The zero-order valence-electron chi connectivity index (χ0n) is 16.7. The molecule has 2 aromatic rings. The third kappa shape index (κ3) is 4.89. The van der Waals surface area contributed by atoms with Crippen molar-refractivity contribution < 1.29 is 27.7 Å². The van der Waals surface area contributed by atoms with Crippen molar-refractivity contribution in [2.75, 3.05) is 25.5 Å². The third-order valence-electron chi connectivity index (χ3n) is 5.08. The summed E-state index contributed by atoms with van der Waals surface area (Å²) in [5, 5.41) is 13.4. The van der Waals surface area contributed by atoms with Gasteiger partial charge < -0.3 is 10.1 Å². The Bertz CT molecular complexity index is 1090. The SMILES string of the molecule is COC(=O)c1ccccc1S(=O)(=O)N1CCC(C(=O)Nc2ccc([N+](=O)[O-])cc2)CC1. The Morgan fingerprint density at radius 1 is 1.10 bits per heavy atom. The summed E-state index contributed by atoms with van der Waals surface area (Å²) >= 11 is 0. The second-order valence-electron chi connectivity index (χ2n) is 6.96. The van der Waals surface area contributed by atoms with Crippen LogP contribution in [0.3, 0.4) is 0 Å². The van der Waals surface area contributed by atoms with E-state index in [1.54, 1.807) is 6.07 Å². The van der Waals surface area contributed by atoms with E-state index in [0.29, 0.717) is 18.5 Å². The number of amides is 1. The summed E-state index contributed by atoms with van der Waals surface area (Å²) in [7, 11) is -2.75. The Morgan fingerprint density at radius 3 is 2.29 bits per heavy atom. The van der Waals surface area contributed by atoms with Gasteiger partial charge in [0.2, 0.25) is 15.9 Å². The number of ether oxygens (including phenoxy) is 1. The van der Waals surface area contributed by atoms with Gasteiger partial charge in [0.05, 0.1) is 22.5 Å². The standard InChI is InChI=1S/C20H21N3O7S/c1-30-20(25)17-4-2-3-5-18(17)31(28,29)22-12-10-14(11-13-22)19(24)21-15-6-8-16(9-7-15)23(26)27/h2-9,14H,10-13H2,1H3,(H,21,24). The average molecular weight is 447 g/mol. The largest absolute Gasteiger partial charge is 0.465 e. The van der Waals surface area contributed by atoms with Crippen LogP contribution in [-0.2, 0) is 19.6 Å². The first-order valence-electron chi connectivity index (χ1n) is 9.47. The quantitative estimate of drug-likeness (QED) is 0.408. The number of hydrogen-bond donors (Lipinski definition) is 1. The first kappa shape index (κ1) is 22.4. The summed E-state index contributed by atoms with van der Waals surface area (Å²) < 4.78 is 32.0. The van der Waals surface area contributed by atoms with Crippen molar-refractivity contribution in [3.8, 4) is 0 Å². The molecule has 1 aliphatic rings. The number of rotatable bonds is 6. The maximum absolute atomic E-state index is 13.0. The molecule has 0 aromatic heterocycles.